The topological polar surface area (TPSA) is 13.1 Å². The predicted octanol–water partition coefficient (Wildman–Crippen LogP) is 2.55. The predicted molar refractivity (Wildman–Crippen MR) is 40.8 cm³/mol. The Bertz CT molecular complexity index is 292. The molecule has 0 aliphatic heterocycles. The maximum atomic E-state index is 5.42. The van der Waals surface area contributed by atoms with Crippen molar-refractivity contribution in [3.05, 3.63) is 28.7 Å². The Hall–Kier alpha value is -0.980. The number of hydrogen-bond acceptors (Lipinski definition) is 1. The summed E-state index contributed by atoms with van der Waals surface area (Å²) < 4.78 is 5.42. The Labute approximate surface area is 60.4 Å². The Kier molecular flexibility index (Phi) is 1.01. The van der Waals surface area contributed by atoms with Gasteiger partial charge in [0, 0.05) is 5.56 Å². The van der Waals surface area contributed by atoms with Gasteiger partial charge in [-0.1, -0.05) is 5.57 Å². The molecule has 1 heterocycles. The molecule has 1 aromatic rings. The van der Waals surface area contributed by atoms with Crippen molar-refractivity contribution in [1.29, 1.82) is 0 Å². The lowest BCUT2D eigenvalue weighted by molar-refractivity contribution is 0.524. The lowest BCUT2D eigenvalue weighted by Crippen LogP contribution is -1.74. The Morgan fingerprint density at radius 3 is 2.90 bits per heavy atom. The second-order valence-corrected chi connectivity index (χ2v) is 2.91. The van der Waals surface area contributed by atoms with E-state index in [0.717, 1.165) is 17.9 Å². The number of hydrogen-bond donors (Lipinski definition) is 0. The zero-order valence-corrected chi connectivity index (χ0v) is 6.27. The molecule has 1 aliphatic rings. The first-order valence-corrected chi connectivity index (χ1v) is 3.52. The van der Waals surface area contributed by atoms with Crippen molar-refractivity contribution in [3.8, 4) is 0 Å². The van der Waals surface area contributed by atoms with Gasteiger partial charge in [0.05, 0.1) is 0 Å². The zero-order chi connectivity index (χ0) is 7.14. The summed E-state index contributed by atoms with van der Waals surface area (Å²) in [6.45, 7) is 4.12. The van der Waals surface area contributed by atoms with E-state index in [4.69, 9.17) is 4.42 Å². The smallest absolute Gasteiger partial charge is 0.130 e. The second kappa shape index (κ2) is 1.75. The first-order valence-electron chi connectivity index (χ1n) is 3.52. The van der Waals surface area contributed by atoms with Crippen LogP contribution in [-0.2, 0) is 6.42 Å². The maximum Gasteiger partial charge on any atom is 0.130 e. The van der Waals surface area contributed by atoms with Gasteiger partial charge < -0.3 is 4.42 Å². The molecular formula is C9H10O. The van der Waals surface area contributed by atoms with E-state index < -0.39 is 0 Å². The van der Waals surface area contributed by atoms with Crippen molar-refractivity contribution < 1.29 is 4.42 Å². The molecule has 0 amide bonds. The third-order valence-corrected chi connectivity index (χ3v) is 1.81. The lowest BCUT2D eigenvalue weighted by atomic mass is 10.2. The van der Waals surface area contributed by atoms with E-state index in [1.165, 1.54) is 11.1 Å². The van der Waals surface area contributed by atoms with E-state index >= 15 is 0 Å². The highest BCUT2D eigenvalue weighted by molar-refractivity contribution is 5.58. The number of furan rings is 1. The van der Waals surface area contributed by atoms with Crippen LogP contribution in [0.1, 0.15) is 24.0 Å². The molecule has 1 aromatic heterocycles. The molecule has 2 rings (SSSR count). The summed E-state index contributed by atoms with van der Waals surface area (Å²) in [6.07, 6.45) is 3.19. The van der Waals surface area contributed by atoms with Crippen molar-refractivity contribution in [2.24, 2.45) is 0 Å². The summed E-state index contributed by atoms with van der Waals surface area (Å²) >= 11 is 0. The molecule has 0 unspecified atom stereocenters. The number of fused-ring (bicyclic) bond motifs is 1. The molecule has 0 fully saturated rings. The summed E-state index contributed by atoms with van der Waals surface area (Å²) in [5.41, 5.74) is 2.74. The summed E-state index contributed by atoms with van der Waals surface area (Å²) in [5, 5.41) is 0. The largest absolute Gasteiger partial charge is 0.462 e. The lowest BCUT2D eigenvalue weighted by Gasteiger charge is -1.85. The van der Waals surface area contributed by atoms with Crippen LogP contribution in [0.3, 0.4) is 0 Å². The van der Waals surface area contributed by atoms with Gasteiger partial charge in [-0.25, -0.2) is 0 Å². The highest BCUT2D eigenvalue weighted by atomic mass is 16.3. The van der Waals surface area contributed by atoms with E-state index in [1.807, 2.05) is 6.92 Å². The van der Waals surface area contributed by atoms with Gasteiger partial charge in [-0.05, 0) is 32.4 Å². The molecule has 0 spiro atoms. The van der Waals surface area contributed by atoms with Crippen molar-refractivity contribution in [1.82, 2.24) is 0 Å². The fraction of sp³-hybridized carbons (Fsp3) is 0.333. The summed E-state index contributed by atoms with van der Waals surface area (Å²) in [6, 6.07) is 2.11. The number of allylic oxidation sites excluding steroid dienone is 1. The van der Waals surface area contributed by atoms with Crippen LogP contribution in [0.5, 0.6) is 0 Å². The average molecular weight is 134 g/mol. The third kappa shape index (κ3) is 0.703. The van der Waals surface area contributed by atoms with Crippen molar-refractivity contribution in [2.75, 3.05) is 0 Å². The SMILES string of the molecule is CC1=Cc2oc(C)cc2C1. The highest BCUT2D eigenvalue weighted by Crippen LogP contribution is 2.26. The van der Waals surface area contributed by atoms with Gasteiger partial charge in [0.1, 0.15) is 11.5 Å². The summed E-state index contributed by atoms with van der Waals surface area (Å²) in [7, 11) is 0. The molecule has 1 heteroatoms. The minimum Gasteiger partial charge on any atom is -0.462 e. The van der Waals surface area contributed by atoms with Crippen LogP contribution in [-0.4, -0.2) is 0 Å². The second-order valence-electron chi connectivity index (χ2n) is 2.91. The van der Waals surface area contributed by atoms with Gasteiger partial charge in [-0.2, -0.15) is 0 Å². The third-order valence-electron chi connectivity index (χ3n) is 1.81. The van der Waals surface area contributed by atoms with E-state index in [-0.39, 0.29) is 0 Å². The summed E-state index contributed by atoms with van der Waals surface area (Å²) in [4.78, 5) is 0. The minimum atomic E-state index is 1.02. The Morgan fingerprint density at radius 2 is 2.20 bits per heavy atom. The Balaban J connectivity index is 2.53. The van der Waals surface area contributed by atoms with E-state index in [0.29, 0.717) is 0 Å². The maximum absolute atomic E-state index is 5.42. The van der Waals surface area contributed by atoms with Crippen LogP contribution in [0.4, 0.5) is 0 Å². The van der Waals surface area contributed by atoms with Crippen LogP contribution in [0, 0.1) is 6.92 Å². The number of rotatable bonds is 0. The molecule has 0 aromatic carbocycles. The molecule has 1 aliphatic carbocycles. The van der Waals surface area contributed by atoms with E-state index in [2.05, 4.69) is 19.1 Å². The summed E-state index contributed by atoms with van der Waals surface area (Å²) in [5.74, 6) is 2.09. The molecule has 0 saturated carbocycles. The molecular weight excluding hydrogens is 124 g/mol. The van der Waals surface area contributed by atoms with Gasteiger partial charge in [0.2, 0.25) is 0 Å². The monoisotopic (exact) mass is 134 g/mol. The van der Waals surface area contributed by atoms with Crippen molar-refractivity contribution in [3.63, 3.8) is 0 Å². The van der Waals surface area contributed by atoms with Gasteiger partial charge >= 0.3 is 0 Å². The van der Waals surface area contributed by atoms with E-state index in [9.17, 15) is 0 Å². The van der Waals surface area contributed by atoms with Gasteiger partial charge in [-0.3, -0.25) is 0 Å². The molecule has 0 radical (unpaired) electrons. The van der Waals surface area contributed by atoms with Gasteiger partial charge in [0.25, 0.3) is 0 Å². The first-order chi connectivity index (χ1) is 4.75. The fourth-order valence-electron chi connectivity index (χ4n) is 1.42. The molecule has 0 bridgehead atoms. The normalized spacial score (nSPS) is 15.2. The van der Waals surface area contributed by atoms with Crippen molar-refractivity contribution >= 4 is 6.08 Å². The van der Waals surface area contributed by atoms with Crippen LogP contribution in [0.2, 0.25) is 0 Å². The molecule has 0 saturated heterocycles. The fourth-order valence-corrected chi connectivity index (χ4v) is 1.42. The van der Waals surface area contributed by atoms with E-state index in [1.54, 1.807) is 0 Å². The van der Waals surface area contributed by atoms with Crippen LogP contribution >= 0.6 is 0 Å². The average Bonchev–Trinajstić information content (AvgIpc) is 2.21. The molecule has 1 nitrogen and oxygen atoms in total. The van der Waals surface area contributed by atoms with Crippen molar-refractivity contribution in [2.45, 2.75) is 20.3 Å². The highest BCUT2D eigenvalue weighted by Gasteiger charge is 2.13. The van der Waals surface area contributed by atoms with Gasteiger partial charge in [0.15, 0.2) is 0 Å². The van der Waals surface area contributed by atoms with Crippen LogP contribution in [0.15, 0.2) is 16.1 Å². The standard InChI is InChI=1S/C9H10O/c1-6-3-8-5-7(2)10-9(8)4-6/h4-5H,3H2,1-2H3. The molecule has 10 heavy (non-hydrogen) atoms. The minimum absolute atomic E-state index is 1.02. The quantitative estimate of drug-likeness (QED) is 0.531. The van der Waals surface area contributed by atoms with Crippen LogP contribution < -0.4 is 0 Å². The zero-order valence-electron chi connectivity index (χ0n) is 6.27. The number of aryl methyl sites for hydroxylation is 1. The first kappa shape index (κ1) is 5.78. The molecule has 0 atom stereocenters. The Morgan fingerprint density at radius 1 is 1.40 bits per heavy atom. The molecule has 0 N–H and O–H groups in total. The van der Waals surface area contributed by atoms with Gasteiger partial charge in [-0.15, -0.1) is 0 Å². The molecule has 52 valence electrons. The van der Waals surface area contributed by atoms with Crippen LogP contribution in [0.25, 0.3) is 6.08 Å².